The van der Waals surface area contributed by atoms with E-state index in [-0.39, 0.29) is 0 Å². The lowest BCUT2D eigenvalue weighted by atomic mass is 10.1. The first-order valence-corrected chi connectivity index (χ1v) is 15.8. The highest BCUT2D eigenvalue weighted by Crippen LogP contribution is 2.42. The van der Waals surface area contributed by atoms with Crippen LogP contribution in [0.5, 0.6) is 0 Å². The van der Waals surface area contributed by atoms with E-state index >= 15 is 0 Å². The Morgan fingerprint density at radius 2 is 1.13 bits per heavy atom. The number of aromatic nitrogens is 5. The fourth-order valence-electron chi connectivity index (χ4n) is 6.97. The first-order valence-electron chi connectivity index (χ1n) is 15.0. The summed E-state index contributed by atoms with van der Waals surface area (Å²) in [4.78, 5) is 14.8. The second-order valence-electron chi connectivity index (χ2n) is 11.3. The van der Waals surface area contributed by atoms with Gasteiger partial charge in [-0.15, -0.1) is 11.3 Å². The maximum atomic E-state index is 5.19. The van der Waals surface area contributed by atoms with Gasteiger partial charge < -0.3 is 0 Å². The molecule has 5 heterocycles. The van der Waals surface area contributed by atoms with Gasteiger partial charge in [-0.2, -0.15) is 0 Å². The molecule has 0 N–H and O–H groups in total. The normalized spacial score (nSPS) is 12.0. The first kappa shape index (κ1) is 24.6. The molecule has 0 aliphatic heterocycles. The van der Waals surface area contributed by atoms with Gasteiger partial charge in [0.25, 0.3) is 0 Å². The van der Waals surface area contributed by atoms with Crippen LogP contribution in [0.1, 0.15) is 0 Å². The Labute approximate surface area is 261 Å². The van der Waals surface area contributed by atoms with E-state index in [1.165, 1.54) is 41.7 Å². The van der Waals surface area contributed by atoms with Crippen molar-refractivity contribution in [1.29, 1.82) is 0 Å². The summed E-state index contributed by atoms with van der Waals surface area (Å²) in [5.74, 6) is 1.56. The van der Waals surface area contributed by atoms with Gasteiger partial charge in [0.05, 0.1) is 27.8 Å². The molecule has 6 heteroatoms. The zero-order chi connectivity index (χ0) is 29.5. The SMILES string of the molecule is c1ccc(-n2c3ccccc3c3c4c5ccccc5n(-c5nccc(-c6ccc7sc8ccccc8c7c6)n5)c4ccc32)nc1. The highest BCUT2D eigenvalue weighted by atomic mass is 32.1. The molecular weight excluding hydrogens is 571 g/mol. The maximum Gasteiger partial charge on any atom is 0.235 e. The fourth-order valence-corrected chi connectivity index (χ4v) is 8.06. The molecule has 0 aliphatic rings. The molecule has 0 saturated carbocycles. The fraction of sp³-hybridized carbons (Fsp3) is 0. The number of fused-ring (bicyclic) bond motifs is 10. The van der Waals surface area contributed by atoms with E-state index in [1.54, 1.807) is 0 Å². The minimum Gasteiger partial charge on any atom is -0.294 e. The van der Waals surface area contributed by atoms with Crippen molar-refractivity contribution in [1.82, 2.24) is 24.1 Å². The molecule has 0 radical (unpaired) electrons. The van der Waals surface area contributed by atoms with Crippen molar-refractivity contribution in [2.45, 2.75) is 0 Å². The second-order valence-corrected chi connectivity index (χ2v) is 12.4. The summed E-state index contributed by atoms with van der Waals surface area (Å²) < 4.78 is 7.05. The predicted molar refractivity (Wildman–Crippen MR) is 187 cm³/mol. The number of pyridine rings is 1. The number of para-hydroxylation sites is 2. The summed E-state index contributed by atoms with van der Waals surface area (Å²) in [7, 11) is 0. The highest BCUT2D eigenvalue weighted by molar-refractivity contribution is 7.25. The molecule has 5 aromatic carbocycles. The molecule has 45 heavy (non-hydrogen) atoms. The van der Waals surface area contributed by atoms with Crippen molar-refractivity contribution in [3.63, 3.8) is 0 Å². The van der Waals surface area contributed by atoms with Crippen molar-refractivity contribution >= 4 is 75.1 Å². The molecule has 0 atom stereocenters. The van der Waals surface area contributed by atoms with Crippen molar-refractivity contribution in [2.24, 2.45) is 0 Å². The standard InChI is InChI=1S/C39H23N5S/c1-4-12-30-26(10-1)37-32(43(30)36-15-7-8-21-40-36)17-18-33-38(37)27-11-2-5-13-31(27)44(33)39-41-22-20-29(42-39)24-16-19-35-28(23-24)25-9-3-6-14-34(25)45-35/h1-23H. The van der Waals surface area contributed by atoms with E-state index in [4.69, 9.17) is 15.0 Å². The predicted octanol–water partition coefficient (Wildman–Crippen LogP) is 10.1. The number of rotatable bonds is 3. The molecule has 0 amide bonds. The molecule has 0 unspecified atom stereocenters. The van der Waals surface area contributed by atoms with Crippen LogP contribution in [0, 0.1) is 0 Å². The third-order valence-corrected chi connectivity index (χ3v) is 10.0. The molecule has 210 valence electrons. The zero-order valence-corrected chi connectivity index (χ0v) is 24.7. The molecule has 5 aromatic heterocycles. The molecule has 0 saturated heterocycles. The van der Waals surface area contributed by atoms with Crippen LogP contribution >= 0.6 is 11.3 Å². The lowest BCUT2D eigenvalue weighted by Crippen LogP contribution is -2.01. The summed E-state index contributed by atoms with van der Waals surface area (Å²) in [5.41, 5.74) is 6.38. The van der Waals surface area contributed by atoms with Gasteiger partial charge in [-0.05, 0) is 60.7 Å². The van der Waals surface area contributed by atoms with Gasteiger partial charge in [-0.3, -0.25) is 9.13 Å². The molecule has 0 aliphatic carbocycles. The van der Waals surface area contributed by atoms with E-state index in [1.807, 2.05) is 41.9 Å². The monoisotopic (exact) mass is 593 g/mol. The van der Waals surface area contributed by atoms with Crippen LogP contribution in [0.25, 0.3) is 86.8 Å². The van der Waals surface area contributed by atoms with Crippen molar-refractivity contribution in [3.8, 4) is 23.0 Å². The van der Waals surface area contributed by atoms with Crippen LogP contribution in [0.3, 0.4) is 0 Å². The van der Waals surface area contributed by atoms with E-state index in [0.717, 1.165) is 39.1 Å². The molecule has 10 aromatic rings. The lowest BCUT2D eigenvalue weighted by Gasteiger charge is -2.09. The lowest BCUT2D eigenvalue weighted by molar-refractivity contribution is 0.992. The Balaban J connectivity index is 1.25. The average molecular weight is 594 g/mol. The Kier molecular flexibility index (Phi) is 5.09. The third kappa shape index (κ3) is 3.51. The van der Waals surface area contributed by atoms with Gasteiger partial charge in [-0.1, -0.05) is 66.7 Å². The minimum atomic E-state index is 0.654. The van der Waals surface area contributed by atoms with Crippen LogP contribution in [0.2, 0.25) is 0 Å². The quantitative estimate of drug-likeness (QED) is 0.205. The summed E-state index contributed by atoms with van der Waals surface area (Å²) in [5, 5.41) is 7.30. The van der Waals surface area contributed by atoms with Crippen LogP contribution < -0.4 is 0 Å². The largest absolute Gasteiger partial charge is 0.294 e. The van der Waals surface area contributed by atoms with Gasteiger partial charge in [0.15, 0.2) is 0 Å². The minimum absolute atomic E-state index is 0.654. The van der Waals surface area contributed by atoms with Gasteiger partial charge in [-0.25, -0.2) is 15.0 Å². The van der Waals surface area contributed by atoms with Gasteiger partial charge in [0.1, 0.15) is 5.82 Å². The summed E-state index contributed by atoms with van der Waals surface area (Å²) in [6.45, 7) is 0. The second kappa shape index (κ2) is 9.32. The summed E-state index contributed by atoms with van der Waals surface area (Å²) in [6.07, 6.45) is 3.73. The van der Waals surface area contributed by atoms with E-state index < -0.39 is 0 Å². The average Bonchev–Trinajstić information content (AvgIpc) is 3.76. The molecule has 0 fully saturated rings. The van der Waals surface area contributed by atoms with Crippen LogP contribution in [-0.4, -0.2) is 24.1 Å². The summed E-state index contributed by atoms with van der Waals surface area (Å²) in [6, 6.07) is 44.9. The van der Waals surface area contributed by atoms with Gasteiger partial charge in [0.2, 0.25) is 5.95 Å². The highest BCUT2D eigenvalue weighted by Gasteiger charge is 2.21. The number of thiophene rings is 1. The van der Waals surface area contributed by atoms with Crippen molar-refractivity contribution in [3.05, 3.63) is 140 Å². The zero-order valence-electron chi connectivity index (χ0n) is 23.9. The van der Waals surface area contributed by atoms with Gasteiger partial charge in [0, 0.05) is 59.7 Å². The number of hydrogen-bond donors (Lipinski definition) is 0. The number of benzene rings is 5. The Hall–Kier alpha value is -5.85. The number of nitrogens with zero attached hydrogens (tertiary/aromatic N) is 5. The number of hydrogen-bond acceptors (Lipinski definition) is 4. The molecule has 5 nitrogen and oxygen atoms in total. The first-order chi connectivity index (χ1) is 22.3. The third-order valence-electron chi connectivity index (χ3n) is 8.87. The van der Waals surface area contributed by atoms with Crippen LogP contribution in [0.4, 0.5) is 0 Å². The van der Waals surface area contributed by atoms with Crippen molar-refractivity contribution < 1.29 is 0 Å². The van der Waals surface area contributed by atoms with E-state index in [9.17, 15) is 0 Å². The Morgan fingerprint density at radius 1 is 0.467 bits per heavy atom. The van der Waals surface area contributed by atoms with Crippen LogP contribution in [0.15, 0.2) is 140 Å². The van der Waals surface area contributed by atoms with Crippen LogP contribution in [-0.2, 0) is 0 Å². The van der Waals surface area contributed by atoms with Gasteiger partial charge >= 0.3 is 0 Å². The Morgan fingerprint density at radius 3 is 1.91 bits per heavy atom. The summed E-state index contributed by atoms with van der Waals surface area (Å²) >= 11 is 1.83. The molecule has 0 spiro atoms. The maximum absolute atomic E-state index is 5.19. The van der Waals surface area contributed by atoms with E-state index in [0.29, 0.717) is 5.95 Å². The topological polar surface area (TPSA) is 48.5 Å². The Bertz CT molecular complexity index is 2770. The molecular formula is C39H23N5S. The molecule has 0 bridgehead atoms. The smallest absolute Gasteiger partial charge is 0.235 e. The van der Waals surface area contributed by atoms with Crippen molar-refractivity contribution in [2.75, 3.05) is 0 Å². The van der Waals surface area contributed by atoms with E-state index in [2.05, 4.69) is 118 Å². The molecule has 10 rings (SSSR count).